The van der Waals surface area contributed by atoms with Crippen LogP contribution in [0.1, 0.15) is 96.0 Å². The van der Waals surface area contributed by atoms with Crippen molar-refractivity contribution < 1.29 is 9.47 Å². The van der Waals surface area contributed by atoms with Crippen LogP contribution >= 0.6 is 0 Å². The number of benzene rings is 1. The molecule has 2 fully saturated rings. The van der Waals surface area contributed by atoms with Crippen LogP contribution in [0.4, 0.5) is 0 Å². The van der Waals surface area contributed by atoms with Crippen LogP contribution in [0.2, 0.25) is 0 Å². The van der Waals surface area contributed by atoms with Gasteiger partial charge in [0.05, 0.1) is 12.7 Å². The molecule has 2 saturated carbocycles. The first-order valence-electron chi connectivity index (χ1n) is 11.0. The Morgan fingerprint density at radius 3 is 2.27 bits per heavy atom. The first-order valence-corrected chi connectivity index (χ1v) is 11.0. The van der Waals surface area contributed by atoms with Crippen LogP contribution in [-0.2, 0) is 4.74 Å². The van der Waals surface area contributed by atoms with Crippen LogP contribution in [0.25, 0.3) is 0 Å². The molecular formula is C24H38O2. The Kier molecular flexibility index (Phi) is 7.42. The predicted octanol–water partition coefficient (Wildman–Crippen LogP) is 6.88. The lowest BCUT2D eigenvalue weighted by atomic mass is 9.72. The molecule has 0 N–H and O–H groups in total. The minimum atomic E-state index is 0.329. The van der Waals surface area contributed by atoms with Gasteiger partial charge in [-0.3, -0.25) is 0 Å². The van der Waals surface area contributed by atoms with Crippen LogP contribution in [0, 0.1) is 5.41 Å². The van der Waals surface area contributed by atoms with Crippen LogP contribution in [0.15, 0.2) is 24.3 Å². The van der Waals surface area contributed by atoms with Gasteiger partial charge >= 0.3 is 0 Å². The van der Waals surface area contributed by atoms with Crippen molar-refractivity contribution in [1.29, 1.82) is 0 Å². The standard InChI is InChI=1S/C24H38O2/c1-20(19-24(2)15-7-4-8-16-24)25-17-18-26-23-13-11-22(12-14-23)21-9-5-3-6-10-21/h11-14,20-21H,3-10,15-19H2,1-2H3. The predicted molar refractivity (Wildman–Crippen MR) is 109 cm³/mol. The van der Waals surface area contributed by atoms with Gasteiger partial charge in [-0.1, -0.05) is 57.6 Å². The second-order valence-electron chi connectivity index (χ2n) is 9.01. The zero-order valence-electron chi connectivity index (χ0n) is 17.0. The Balaban J connectivity index is 1.34. The SMILES string of the molecule is CC(CC1(C)CCCCC1)OCCOc1ccc(C2CCCCC2)cc1. The highest BCUT2D eigenvalue weighted by atomic mass is 16.5. The Bertz CT molecular complexity index is 510. The zero-order chi connectivity index (χ0) is 18.2. The van der Waals surface area contributed by atoms with E-state index in [1.165, 1.54) is 76.2 Å². The quantitative estimate of drug-likeness (QED) is 0.472. The van der Waals surface area contributed by atoms with E-state index in [9.17, 15) is 0 Å². The van der Waals surface area contributed by atoms with E-state index in [-0.39, 0.29) is 0 Å². The molecule has 1 aromatic rings. The fourth-order valence-electron chi connectivity index (χ4n) is 5.04. The summed E-state index contributed by atoms with van der Waals surface area (Å²) < 4.78 is 11.9. The Morgan fingerprint density at radius 1 is 0.923 bits per heavy atom. The third-order valence-electron chi connectivity index (χ3n) is 6.55. The first-order chi connectivity index (χ1) is 12.6. The third-order valence-corrected chi connectivity index (χ3v) is 6.55. The third kappa shape index (κ3) is 6.01. The molecule has 0 saturated heterocycles. The zero-order valence-corrected chi connectivity index (χ0v) is 17.0. The van der Waals surface area contributed by atoms with Crippen molar-refractivity contribution in [1.82, 2.24) is 0 Å². The first kappa shape index (κ1) is 19.7. The average molecular weight is 359 g/mol. The molecule has 1 unspecified atom stereocenters. The molecule has 2 aliphatic carbocycles. The van der Waals surface area contributed by atoms with Gasteiger partial charge in [-0.2, -0.15) is 0 Å². The van der Waals surface area contributed by atoms with Crippen LogP contribution in [0.5, 0.6) is 5.75 Å². The maximum absolute atomic E-state index is 6.03. The van der Waals surface area contributed by atoms with E-state index in [0.717, 1.165) is 11.7 Å². The highest BCUT2D eigenvalue weighted by Gasteiger charge is 2.28. The summed E-state index contributed by atoms with van der Waals surface area (Å²) in [5.41, 5.74) is 1.98. The summed E-state index contributed by atoms with van der Waals surface area (Å²) in [4.78, 5) is 0. The van der Waals surface area contributed by atoms with Crippen LogP contribution in [0.3, 0.4) is 0 Å². The molecule has 146 valence electrons. The monoisotopic (exact) mass is 358 g/mol. The maximum Gasteiger partial charge on any atom is 0.119 e. The Hall–Kier alpha value is -1.02. The molecule has 1 atom stereocenters. The Morgan fingerprint density at radius 2 is 1.58 bits per heavy atom. The van der Waals surface area contributed by atoms with E-state index in [1.54, 1.807) is 0 Å². The molecule has 2 nitrogen and oxygen atoms in total. The number of hydrogen-bond acceptors (Lipinski definition) is 2. The normalized spacial score (nSPS) is 22.1. The summed E-state index contributed by atoms with van der Waals surface area (Å²) in [6, 6.07) is 8.80. The Labute approximate surface area is 160 Å². The molecule has 0 aliphatic heterocycles. The lowest BCUT2D eigenvalue weighted by molar-refractivity contribution is 0.00776. The van der Waals surface area contributed by atoms with Crippen molar-refractivity contribution in [3.05, 3.63) is 29.8 Å². The van der Waals surface area contributed by atoms with Crippen molar-refractivity contribution in [3.8, 4) is 5.75 Å². The lowest BCUT2D eigenvalue weighted by Gasteiger charge is -2.35. The lowest BCUT2D eigenvalue weighted by Crippen LogP contribution is -2.27. The number of hydrogen-bond donors (Lipinski definition) is 0. The van der Waals surface area contributed by atoms with Crippen molar-refractivity contribution in [2.24, 2.45) is 5.41 Å². The molecular weight excluding hydrogens is 320 g/mol. The molecule has 0 bridgehead atoms. The summed E-state index contributed by atoms with van der Waals surface area (Å²) in [7, 11) is 0. The van der Waals surface area contributed by atoms with Crippen molar-refractivity contribution in [3.63, 3.8) is 0 Å². The molecule has 0 amide bonds. The fourth-order valence-corrected chi connectivity index (χ4v) is 5.04. The minimum Gasteiger partial charge on any atom is -0.491 e. The van der Waals surface area contributed by atoms with E-state index in [2.05, 4.69) is 38.1 Å². The molecule has 2 aliphatic rings. The molecule has 0 radical (unpaired) electrons. The average Bonchev–Trinajstić information content (AvgIpc) is 2.67. The summed E-state index contributed by atoms with van der Waals surface area (Å²) in [6.45, 7) is 5.99. The maximum atomic E-state index is 6.03. The molecule has 0 heterocycles. The number of ether oxygens (including phenoxy) is 2. The highest BCUT2D eigenvalue weighted by molar-refractivity contribution is 5.29. The highest BCUT2D eigenvalue weighted by Crippen LogP contribution is 2.40. The molecule has 2 heteroatoms. The van der Waals surface area contributed by atoms with Crippen LogP contribution < -0.4 is 4.74 Å². The summed E-state index contributed by atoms with van der Waals surface area (Å²) in [5.74, 6) is 1.74. The second-order valence-corrected chi connectivity index (χ2v) is 9.01. The van der Waals surface area contributed by atoms with Gasteiger partial charge in [-0.05, 0) is 68.1 Å². The molecule has 26 heavy (non-hydrogen) atoms. The van der Waals surface area contributed by atoms with Gasteiger partial charge in [-0.15, -0.1) is 0 Å². The van der Waals surface area contributed by atoms with E-state index in [0.29, 0.717) is 24.7 Å². The van der Waals surface area contributed by atoms with Gasteiger partial charge in [0, 0.05) is 0 Å². The van der Waals surface area contributed by atoms with E-state index in [1.807, 2.05) is 0 Å². The minimum absolute atomic E-state index is 0.329. The molecule has 0 aromatic heterocycles. The molecule has 0 spiro atoms. The van der Waals surface area contributed by atoms with Crippen LogP contribution in [-0.4, -0.2) is 19.3 Å². The smallest absolute Gasteiger partial charge is 0.119 e. The van der Waals surface area contributed by atoms with E-state index >= 15 is 0 Å². The van der Waals surface area contributed by atoms with Gasteiger partial charge in [0.1, 0.15) is 12.4 Å². The summed E-state index contributed by atoms with van der Waals surface area (Å²) >= 11 is 0. The van der Waals surface area contributed by atoms with Crippen molar-refractivity contribution in [2.45, 2.75) is 96.5 Å². The largest absolute Gasteiger partial charge is 0.491 e. The van der Waals surface area contributed by atoms with Gasteiger partial charge in [0.25, 0.3) is 0 Å². The van der Waals surface area contributed by atoms with Crippen molar-refractivity contribution in [2.75, 3.05) is 13.2 Å². The second kappa shape index (κ2) is 9.78. The summed E-state index contributed by atoms with van der Waals surface area (Å²) in [6.07, 6.45) is 15.3. The van der Waals surface area contributed by atoms with E-state index in [4.69, 9.17) is 9.47 Å². The van der Waals surface area contributed by atoms with E-state index < -0.39 is 0 Å². The molecule has 1 aromatic carbocycles. The summed E-state index contributed by atoms with van der Waals surface area (Å²) in [5, 5.41) is 0. The van der Waals surface area contributed by atoms with Gasteiger partial charge in [0.2, 0.25) is 0 Å². The van der Waals surface area contributed by atoms with Gasteiger partial charge in [-0.25, -0.2) is 0 Å². The van der Waals surface area contributed by atoms with Gasteiger partial charge < -0.3 is 9.47 Å². The van der Waals surface area contributed by atoms with Crippen molar-refractivity contribution >= 4 is 0 Å². The molecule has 3 rings (SSSR count). The number of rotatable bonds is 8. The fraction of sp³-hybridized carbons (Fsp3) is 0.750. The van der Waals surface area contributed by atoms with Gasteiger partial charge in [0.15, 0.2) is 0 Å². The topological polar surface area (TPSA) is 18.5 Å².